The van der Waals surface area contributed by atoms with E-state index in [2.05, 4.69) is 41.5 Å². The first-order valence-electron chi connectivity index (χ1n) is 34.9. The lowest BCUT2D eigenvalue weighted by Crippen LogP contribution is -2.15. The Balaban J connectivity index is 1.58. The molecular formula is C74H116N2O10. The third-order valence-electron chi connectivity index (χ3n) is 16.6. The molecule has 2 N–H and O–H groups in total. The maximum atomic E-state index is 14.0. The van der Waals surface area contributed by atoms with Crippen LogP contribution in [0.2, 0.25) is 0 Å². The lowest BCUT2D eigenvalue weighted by molar-refractivity contribution is 0.234. The Hall–Kier alpha value is -5.52. The first-order valence-corrected chi connectivity index (χ1v) is 34.9. The molecule has 0 radical (unpaired) electrons. The number of benzene rings is 3. The zero-order valence-corrected chi connectivity index (χ0v) is 54.8. The molecule has 0 spiro atoms. The first-order chi connectivity index (χ1) is 42.2. The fraction of sp³-hybridized carbons (Fsp3) is 0.676. The second-order valence-electron chi connectivity index (χ2n) is 24.4. The van der Waals surface area contributed by atoms with E-state index in [-0.39, 0.29) is 23.9 Å². The molecule has 0 aliphatic carbocycles. The van der Waals surface area contributed by atoms with Crippen molar-refractivity contribution in [1.82, 2.24) is 9.13 Å². The van der Waals surface area contributed by atoms with Crippen molar-refractivity contribution in [2.75, 3.05) is 39.6 Å². The number of ether oxygens (including phenoxy) is 6. The monoisotopic (exact) mass is 1190 g/mol. The van der Waals surface area contributed by atoms with Crippen LogP contribution in [0, 0.1) is 0 Å². The third kappa shape index (κ3) is 25.3. The molecule has 0 aliphatic heterocycles. The summed E-state index contributed by atoms with van der Waals surface area (Å²) in [5, 5.41) is 23.1. The van der Waals surface area contributed by atoms with Gasteiger partial charge in [0.1, 0.15) is 0 Å². The number of aromatic nitrogens is 2. The van der Waals surface area contributed by atoms with Crippen molar-refractivity contribution in [3.8, 4) is 46.0 Å². The van der Waals surface area contributed by atoms with E-state index in [4.69, 9.17) is 28.4 Å². The Labute approximate surface area is 519 Å². The number of fused-ring (bicyclic) bond motifs is 2. The number of pyridine rings is 2. The minimum absolute atomic E-state index is 0.160. The van der Waals surface area contributed by atoms with Crippen LogP contribution in [-0.4, -0.2) is 59.0 Å². The maximum Gasteiger partial charge on any atom is 0.230 e. The Morgan fingerprint density at radius 2 is 0.535 bits per heavy atom. The number of hydrogen-bond acceptors (Lipinski definition) is 10. The Morgan fingerprint density at radius 1 is 0.302 bits per heavy atom. The highest BCUT2D eigenvalue weighted by Crippen LogP contribution is 2.42. The number of aromatic hydroxyl groups is 2. The van der Waals surface area contributed by atoms with Crippen molar-refractivity contribution in [2.45, 2.75) is 286 Å². The van der Waals surface area contributed by atoms with E-state index in [9.17, 15) is 19.8 Å². The van der Waals surface area contributed by atoms with E-state index < -0.39 is 22.4 Å². The summed E-state index contributed by atoms with van der Waals surface area (Å²) in [4.78, 5) is 28.1. The van der Waals surface area contributed by atoms with E-state index in [1.807, 2.05) is 39.5 Å². The molecule has 3 aromatic carbocycles. The van der Waals surface area contributed by atoms with Gasteiger partial charge in [0.15, 0.2) is 34.5 Å². The van der Waals surface area contributed by atoms with Crippen molar-refractivity contribution in [2.24, 2.45) is 0 Å². The van der Waals surface area contributed by atoms with Crippen LogP contribution >= 0.6 is 0 Å². The van der Waals surface area contributed by atoms with E-state index in [0.29, 0.717) is 85.2 Å². The van der Waals surface area contributed by atoms with Crippen LogP contribution in [-0.2, 0) is 13.1 Å². The van der Waals surface area contributed by atoms with Crippen LogP contribution in [0.4, 0.5) is 0 Å². The number of nitrogens with zero attached hydrogens (tertiary/aromatic N) is 2. The molecule has 5 aromatic rings. The highest BCUT2D eigenvalue weighted by Gasteiger charge is 2.22. The molecule has 12 heteroatoms. The molecule has 86 heavy (non-hydrogen) atoms. The molecule has 0 saturated heterocycles. The van der Waals surface area contributed by atoms with Crippen LogP contribution < -0.4 is 39.3 Å². The zero-order chi connectivity index (χ0) is 61.4. The fourth-order valence-electron chi connectivity index (χ4n) is 11.4. The van der Waals surface area contributed by atoms with Crippen molar-refractivity contribution in [1.29, 1.82) is 0 Å². The molecule has 0 fully saturated rings. The Morgan fingerprint density at radius 3 is 0.791 bits per heavy atom. The van der Waals surface area contributed by atoms with Crippen LogP contribution in [0.15, 0.2) is 58.4 Å². The van der Waals surface area contributed by atoms with Gasteiger partial charge >= 0.3 is 0 Å². The van der Waals surface area contributed by atoms with E-state index in [1.165, 1.54) is 173 Å². The molecule has 5 rings (SSSR count). The summed E-state index contributed by atoms with van der Waals surface area (Å²) in [6.45, 7) is 17.1. The molecule has 0 saturated carbocycles. The summed E-state index contributed by atoms with van der Waals surface area (Å²) in [7, 11) is 0. The predicted octanol–water partition coefficient (Wildman–Crippen LogP) is 20.3. The van der Waals surface area contributed by atoms with E-state index in [1.54, 1.807) is 0 Å². The molecule has 2 heterocycles. The topological polar surface area (TPSA) is 140 Å². The average molecular weight is 1190 g/mol. The second kappa shape index (κ2) is 43.2. The molecular weight excluding hydrogens is 1080 g/mol. The van der Waals surface area contributed by atoms with Gasteiger partial charge in [0, 0.05) is 13.1 Å². The molecule has 0 atom stereocenters. The molecule has 12 nitrogen and oxygen atoms in total. The predicted molar refractivity (Wildman–Crippen MR) is 358 cm³/mol. The van der Waals surface area contributed by atoms with Crippen LogP contribution in [0.3, 0.4) is 0 Å². The fourth-order valence-corrected chi connectivity index (χ4v) is 11.4. The summed E-state index contributed by atoms with van der Waals surface area (Å²) < 4.78 is 43.8. The normalized spacial score (nSPS) is 11.5. The van der Waals surface area contributed by atoms with Gasteiger partial charge in [-0.1, -0.05) is 234 Å². The number of rotatable bonds is 52. The van der Waals surface area contributed by atoms with Gasteiger partial charge in [-0.05, 0) is 86.1 Å². The molecule has 482 valence electrons. The summed E-state index contributed by atoms with van der Waals surface area (Å²) in [5.74, 6) is 2.81. The number of hydrogen-bond donors (Lipinski definition) is 2. The zero-order valence-electron chi connectivity index (χ0n) is 54.8. The van der Waals surface area contributed by atoms with Gasteiger partial charge in [-0.25, -0.2) is 0 Å². The largest absolute Gasteiger partial charge is 0.503 e. The molecule has 0 aliphatic rings. The molecule has 0 unspecified atom stereocenters. The van der Waals surface area contributed by atoms with Crippen molar-refractivity contribution < 1.29 is 38.6 Å². The lowest BCUT2D eigenvalue weighted by atomic mass is 10.1. The Kier molecular flexibility index (Phi) is 35.8. The van der Waals surface area contributed by atoms with Crippen LogP contribution in [0.25, 0.3) is 21.8 Å². The minimum atomic E-state index is -0.604. The van der Waals surface area contributed by atoms with Gasteiger partial charge in [-0.15, -0.1) is 0 Å². The highest BCUT2D eigenvalue weighted by atomic mass is 16.5. The minimum Gasteiger partial charge on any atom is -0.503 e. The van der Waals surface area contributed by atoms with Gasteiger partial charge in [-0.3, -0.25) is 9.59 Å². The average Bonchev–Trinajstić information content (AvgIpc) is 0.968. The van der Waals surface area contributed by atoms with Crippen molar-refractivity contribution >= 4 is 21.8 Å². The van der Waals surface area contributed by atoms with Crippen molar-refractivity contribution in [3.63, 3.8) is 0 Å². The molecule has 0 bridgehead atoms. The Bertz CT molecular complexity index is 2500. The number of unbranched alkanes of at least 4 members (excludes halogenated alkanes) is 30. The second-order valence-corrected chi connectivity index (χ2v) is 24.4. The smallest absolute Gasteiger partial charge is 0.230 e. The van der Waals surface area contributed by atoms with Gasteiger partial charge in [-0.2, -0.15) is 0 Å². The molecule has 0 amide bonds. The SMILES string of the molecule is CCCCCCCCOc1cc(Cn2cc(O)c(=O)c3cc4c(=O)c(O)cn(Cc5cc(OCCCCCCCC)c(OCCCCCCCC)c(OCCCCCCCC)c5)c4cc32)cc(OCCCCCCCC)c1OCCCCCCCC. The summed E-state index contributed by atoms with van der Waals surface area (Å²) in [5.41, 5.74) is 1.48. The van der Waals surface area contributed by atoms with Crippen LogP contribution in [0.1, 0.15) is 284 Å². The van der Waals surface area contributed by atoms with E-state index >= 15 is 0 Å². The quantitative estimate of drug-likeness (QED) is 0.0286. The highest BCUT2D eigenvalue weighted by molar-refractivity contribution is 5.96. The van der Waals surface area contributed by atoms with Gasteiger partial charge < -0.3 is 47.8 Å². The van der Waals surface area contributed by atoms with E-state index in [0.717, 1.165) is 88.2 Å². The maximum absolute atomic E-state index is 14.0. The van der Waals surface area contributed by atoms with Gasteiger partial charge in [0.25, 0.3) is 0 Å². The third-order valence-corrected chi connectivity index (χ3v) is 16.6. The first kappa shape index (κ1) is 71.2. The standard InChI is InChI=1S/C74H116N2O10/c1-7-13-19-25-31-37-43-81-67-49-59(50-68(82-44-38-32-26-20-14-8-2)73(67)85-47-41-35-29-23-17-11-5)55-75-57-65(77)71(79)61-53-62-64(54-63(61)75)76(58-66(78)72(62)80)56-60-51-69(83-45-39-33-27-21-15-9-3)74(86-48-42-36-30-24-18-12-6)70(52-60)84-46-40-34-28-22-16-10-4/h49-54,57-58,77-78H,7-48,55-56H2,1-6H3. The summed E-state index contributed by atoms with van der Waals surface area (Å²) >= 11 is 0. The molecule has 2 aromatic heterocycles. The van der Waals surface area contributed by atoms with Gasteiger partial charge in [0.2, 0.25) is 22.4 Å². The van der Waals surface area contributed by atoms with Crippen molar-refractivity contribution in [3.05, 3.63) is 80.4 Å². The summed E-state index contributed by atoms with van der Waals surface area (Å²) in [6.07, 6.45) is 43.9. The van der Waals surface area contributed by atoms with Gasteiger partial charge in [0.05, 0.1) is 73.8 Å². The van der Waals surface area contributed by atoms with Crippen LogP contribution in [0.5, 0.6) is 46.0 Å². The lowest BCUT2D eigenvalue weighted by Gasteiger charge is -2.21. The summed E-state index contributed by atoms with van der Waals surface area (Å²) in [6, 6.07) is 11.4.